The molecular formula is C23H25N3O6S. The standard InChI is InChI=1S/C23H25N3O6S/c1-32-23(29)20-15-25(9-10-27)22(28)21(20)24-17-12-18(26(30)31)14-19(13-17)33-11-5-8-16-6-3-2-4-7-16/h2-4,6-7,12-14,24,27H,5,8-11,15H2,1H3. The molecule has 1 heterocycles. The van der Waals surface area contributed by atoms with Gasteiger partial charge in [0.1, 0.15) is 5.70 Å². The molecule has 2 aromatic carbocycles. The number of rotatable bonds is 11. The Kier molecular flexibility index (Phi) is 8.45. The van der Waals surface area contributed by atoms with Crippen molar-refractivity contribution in [3.63, 3.8) is 0 Å². The number of hydrogen-bond acceptors (Lipinski definition) is 8. The largest absolute Gasteiger partial charge is 0.466 e. The van der Waals surface area contributed by atoms with Crippen molar-refractivity contribution in [3.05, 3.63) is 75.5 Å². The Balaban J connectivity index is 1.77. The Labute approximate surface area is 195 Å². The zero-order valence-corrected chi connectivity index (χ0v) is 19.0. The Morgan fingerprint density at radius 2 is 2.03 bits per heavy atom. The van der Waals surface area contributed by atoms with Crippen LogP contribution in [-0.4, -0.2) is 59.4 Å². The van der Waals surface area contributed by atoms with Crippen molar-refractivity contribution in [3.8, 4) is 0 Å². The van der Waals surface area contributed by atoms with Gasteiger partial charge in [-0.2, -0.15) is 0 Å². The average molecular weight is 472 g/mol. The van der Waals surface area contributed by atoms with Crippen LogP contribution in [0.3, 0.4) is 0 Å². The quantitative estimate of drug-likeness (QED) is 0.169. The second kappa shape index (κ2) is 11.5. The maximum absolute atomic E-state index is 12.7. The number of aryl methyl sites for hydroxylation is 1. The van der Waals surface area contributed by atoms with Gasteiger partial charge < -0.3 is 20.1 Å². The first-order chi connectivity index (χ1) is 15.9. The molecular weight excluding hydrogens is 446 g/mol. The summed E-state index contributed by atoms with van der Waals surface area (Å²) in [6.45, 7) is -0.208. The minimum absolute atomic E-state index is 0.00387. The lowest BCUT2D eigenvalue weighted by molar-refractivity contribution is -0.385. The van der Waals surface area contributed by atoms with E-state index in [9.17, 15) is 24.8 Å². The number of hydrogen-bond donors (Lipinski definition) is 2. The molecule has 2 aromatic rings. The third-order valence-electron chi connectivity index (χ3n) is 5.05. The highest BCUT2D eigenvalue weighted by atomic mass is 32.2. The molecule has 1 aliphatic rings. The van der Waals surface area contributed by atoms with Gasteiger partial charge in [-0.15, -0.1) is 11.8 Å². The highest BCUT2D eigenvalue weighted by Gasteiger charge is 2.34. The van der Waals surface area contributed by atoms with Crippen molar-refractivity contribution in [2.75, 3.05) is 37.9 Å². The first-order valence-electron chi connectivity index (χ1n) is 10.4. The molecule has 0 aromatic heterocycles. The summed E-state index contributed by atoms with van der Waals surface area (Å²) < 4.78 is 4.77. The predicted molar refractivity (Wildman–Crippen MR) is 125 cm³/mol. The number of amides is 1. The van der Waals surface area contributed by atoms with Crippen LogP contribution in [0, 0.1) is 10.1 Å². The minimum atomic E-state index is -0.674. The summed E-state index contributed by atoms with van der Waals surface area (Å²) >= 11 is 1.48. The molecule has 0 bridgehead atoms. The normalized spacial score (nSPS) is 13.4. The fraction of sp³-hybridized carbons (Fsp3) is 0.304. The lowest BCUT2D eigenvalue weighted by Crippen LogP contribution is -2.31. The molecule has 0 radical (unpaired) electrons. The molecule has 10 heteroatoms. The Morgan fingerprint density at radius 3 is 2.70 bits per heavy atom. The van der Waals surface area contributed by atoms with Crippen LogP contribution in [0.15, 0.2) is 64.7 Å². The second-order valence-corrected chi connectivity index (χ2v) is 8.50. The molecule has 0 unspecified atom stereocenters. The number of non-ortho nitro benzene ring substituents is 1. The predicted octanol–water partition coefficient (Wildman–Crippen LogP) is 2.99. The van der Waals surface area contributed by atoms with Gasteiger partial charge in [0, 0.05) is 29.3 Å². The number of thioether (sulfide) groups is 1. The number of ether oxygens (including phenoxy) is 1. The van der Waals surface area contributed by atoms with E-state index >= 15 is 0 Å². The van der Waals surface area contributed by atoms with E-state index in [1.165, 1.54) is 41.5 Å². The van der Waals surface area contributed by atoms with Crippen LogP contribution < -0.4 is 5.32 Å². The van der Waals surface area contributed by atoms with Crippen molar-refractivity contribution >= 4 is 35.0 Å². The summed E-state index contributed by atoms with van der Waals surface area (Å²) in [7, 11) is 1.21. The van der Waals surface area contributed by atoms with Crippen LogP contribution in [0.2, 0.25) is 0 Å². The Hall–Kier alpha value is -3.37. The van der Waals surface area contributed by atoms with Gasteiger partial charge in [0.15, 0.2) is 0 Å². The summed E-state index contributed by atoms with van der Waals surface area (Å²) in [5.74, 6) is -0.394. The molecule has 3 rings (SSSR count). The van der Waals surface area contributed by atoms with Crippen molar-refractivity contribution in [1.82, 2.24) is 4.90 Å². The first kappa shape index (κ1) is 24.3. The molecule has 0 saturated carbocycles. The van der Waals surface area contributed by atoms with Gasteiger partial charge in [-0.3, -0.25) is 14.9 Å². The van der Waals surface area contributed by atoms with Crippen molar-refractivity contribution in [2.45, 2.75) is 17.7 Å². The van der Waals surface area contributed by atoms with E-state index < -0.39 is 16.8 Å². The van der Waals surface area contributed by atoms with E-state index in [1.807, 2.05) is 18.2 Å². The molecule has 33 heavy (non-hydrogen) atoms. The number of β-amino-alcohol motifs (C(OH)–C–C–N with tert-alkyl or cyclic N) is 1. The lowest BCUT2D eigenvalue weighted by Gasteiger charge is -2.15. The molecule has 174 valence electrons. The van der Waals surface area contributed by atoms with Crippen molar-refractivity contribution < 1.29 is 24.4 Å². The van der Waals surface area contributed by atoms with E-state index in [2.05, 4.69) is 17.4 Å². The number of anilines is 1. The van der Waals surface area contributed by atoms with Gasteiger partial charge in [0.2, 0.25) is 0 Å². The van der Waals surface area contributed by atoms with Gasteiger partial charge in [-0.1, -0.05) is 30.3 Å². The summed E-state index contributed by atoms with van der Waals surface area (Å²) in [6.07, 6.45) is 1.80. The maximum Gasteiger partial charge on any atom is 0.337 e. The van der Waals surface area contributed by atoms with Crippen molar-refractivity contribution in [1.29, 1.82) is 0 Å². The number of nitrogens with one attached hydrogen (secondary N) is 1. The van der Waals surface area contributed by atoms with Crippen LogP contribution in [0.4, 0.5) is 11.4 Å². The lowest BCUT2D eigenvalue weighted by atomic mass is 10.1. The number of nitrogens with zero attached hydrogens (tertiary/aromatic N) is 2. The first-order valence-corrected chi connectivity index (χ1v) is 11.4. The SMILES string of the molecule is COC(=O)C1=C(Nc2cc(SCCCc3ccccc3)cc([N+](=O)[O-])c2)C(=O)N(CCO)C1. The van der Waals surface area contributed by atoms with Gasteiger partial charge in [0.25, 0.3) is 11.6 Å². The monoisotopic (exact) mass is 471 g/mol. The number of methoxy groups -OCH3 is 1. The van der Waals surface area contributed by atoms with Crippen LogP contribution in [-0.2, 0) is 20.7 Å². The molecule has 2 N–H and O–H groups in total. The molecule has 0 saturated heterocycles. The molecule has 1 aliphatic heterocycles. The van der Waals surface area contributed by atoms with Gasteiger partial charge in [-0.25, -0.2) is 4.79 Å². The van der Waals surface area contributed by atoms with Crippen LogP contribution in [0.1, 0.15) is 12.0 Å². The fourth-order valence-electron chi connectivity index (χ4n) is 3.45. The second-order valence-electron chi connectivity index (χ2n) is 7.33. The maximum atomic E-state index is 12.7. The Morgan fingerprint density at radius 1 is 1.27 bits per heavy atom. The average Bonchev–Trinajstić information content (AvgIpc) is 3.12. The number of aliphatic hydroxyl groups excluding tert-OH is 1. The number of nitro groups is 1. The third kappa shape index (κ3) is 6.33. The molecule has 0 atom stereocenters. The van der Waals surface area contributed by atoms with E-state index in [4.69, 9.17) is 4.74 Å². The zero-order valence-electron chi connectivity index (χ0n) is 18.2. The Bertz CT molecular complexity index is 1060. The smallest absolute Gasteiger partial charge is 0.337 e. The number of benzene rings is 2. The molecule has 9 nitrogen and oxygen atoms in total. The molecule has 0 fully saturated rings. The van der Waals surface area contributed by atoms with E-state index in [1.54, 1.807) is 6.07 Å². The third-order valence-corrected chi connectivity index (χ3v) is 6.11. The highest BCUT2D eigenvalue weighted by Crippen LogP contribution is 2.31. The molecule has 1 amide bonds. The zero-order chi connectivity index (χ0) is 23.8. The highest BCUT2D eigenvalue weighted by molar-refractivity contribution is 7.99. The number of aliphatic hydroxyl groups is 1. The summed E-state index contributed by atoms with van der Waals surface area (Å²) in [6, 6.07) is 14.6. The van der Waals surface area contributed by atoms with Crippen LogP contribution in [0.25, 0.3) is 0 Å². The van der Waals surface area contributed by atoms with E-state index in [0.29, 0.717) is 10.6 Å². The number of nitro benzene ring substituents is 1. The minimum Gasteiger partial charge on any atom is -0.466 e. The molecule has 0 aliphatic carbocycles. The topological polar surface area (TPSA) is 122 Å². The van der Waals surface area contributed by atoms with Gasteiger partial charge in [-0.05, 0) is 30.2 Å². The van der Waals surface area contributed by atoms with Gasteiger partial charge >= 0.3 is 5.97 Å². The number of carbonyl (C=O) groups is 2. The number of esters is 1. The van der Waals surface area contributed by atoms with Crippen LogP contribution in [0.5, 0.6) is 0 Å². The fourth-order valence-corrected chi connectivity index (χ4v) is 4.39. The summed E-state index contributed by atoms with van der Waals surface area (Å²) in [5, 5.41) is 23.5. The number of carbonyl (C=O) groups excluding carboxylic acids is 2. The van der Waals surface area contributed by atoms with Crippen LogP contribution >= 0.6 is 11.8 Å². The van der Waals surface area contributed by atoms with Gasteiger partial charge in [0.05, 0.1) is 30.8 Å². The van der Waals surface area contributed by atoms with E-state index in [-0.39, 0.29) is 36.7 Å². The van der Waals surface area contributed by atoms with Crippen molar-refractivity contribution in [2.24, 2.45) is 0 Å². The summed E-state index contributed by atoms with van der Waals surface area (Å²) in [5.41, 5.74) is 1.54. The van der Waals surface area contributed by atoms with E-state index in [0.717, 1.165) is 18.6 Å². The molecule has 0 spiro atoms. The summed E-state index contributed by atoms with van der Waals surface area (Å²) in [4.78, 5) is 37.8.